The predicted molar refractivity (Wildman–Crippen MR) is 151 cm³/mol. The highest BCUT2D eigenvalue weighted by atomic mass is 19.1. The summed E-state index contributed by atoms with van der Waals surface area (Å²) in [7, 11) is 0. The Morgan fingerprint density at radius 1 is 1.22 bits per heavy atom. The summed E-state index contributed by atoms with van der Waals surface area (Å²) in [6.45, 7) is 15.3. The highest BCUT2D eigenvalue weighted by Crippen LogP contribution is 2.33. The fourth-order valence-corrected chi connectivity index (χ4v) is 5.90. The molecule has 1 atom stereocenters. The summed E-state index contributed by atoms with van der Waals surface area (Å²) < 4.78 is 26.8. The van der Waals surface area contributed by atoms with E-state index in [2.05, 4.69) is 16.8 Å². The zero-order valence-electron chi connectivity index (χ0n) is 24.4. The van der Waals surface area contributed by atoms with Gasteiger partial charge in [-0.15, -0.1) is 0 Å². The second-order valence-corrected chi connectivity index (χ2v) is 12.3. The van der Waals surface area contributed by atoms with Gasteiger partial charge in [0.15, 0.2) is 0 Å². The van der Waals surface area contributed by atoms with Gasteiger partial charge in [-0.1, -0.05) is 24.8 Å². The lowest BCUT2D eigenvalue weighted by molar-refractivity contribution is -0.305. The maximum Gasteiger partial charge on any atom is 0.354 e. The first-order chi connectivity index (χ1) is 19.1. The maximum atomic E-state index is 15.0. The van der Waals surface area contributed by atoms with Crippen molar-refractivity contribution in [3.8, 4) is 5.75 Å². The number of halogens is 1. The standard InChI is InChI=1S/C31H40FN3O6/c1-20-8-7-9-27(23(20)16-35(19-36)26-13-10-21(2)33-28(26)37)40-31(38,39)24-14-22(11-12-25(24)32)15-34-17-29(3,4)41-30(5,6)18-34/h7-9,11-12,14,19,26,38-39H,2,10,13,15-18H2,1,3-6H3,(H,33,37). The Balaban J connectivity index is 1.57. The quantitative estimate of drug-likeness (QED) is 0.313. The summed E-state index contributed by atoms with van der Waals surface area (Å²) in [6, 6.07) is 8.40. The van der Waals surface area contributed by atoms with Gasteiger partial charge in [-0.25, -0.2) is 4.39 Å². The molecule has 0 saturated carbocycles. The van der Waals surface area contributed by atoms with Gasteiger partial charge < -0.3 is 29.9 Å². The average Bonchev–Trinajstić information content (AvgIpc) is 2.83. The molecule has 2 amide bonds. The first-order valence-corrected chi connectivity index (χ1v) is 13.7. The third-order valence-corrected chi connectivity index (χ3v) is 7.37. The topological polar surface area (TPSA) is 112 Å². The maximum absolute atomic E-state index is 15.0. The Hall–Kier alpha value is -3.31. The molecule has 4 rings (SSSR count). The van der Waals surface area contributed by atoms with E-state index >= 15 is 4.39 Å². The van der Waals surface area contributed by atoms with Gasteiger partial charge in [-0.05, 0) is 76.8 Å². The van der Waals surface area contributed by atoms with Crippen molar-refractivity contribution in [3.63, 3.8) is 0 Å². The molecule has 2 aliphatic rings. The van der Waals surface area contributed by atoms with Gasteiger partial charge in [0, 0.05) is 30.9 Å². The molecule has 0 aliphatic carbocycles. The van der Waals surface area contributed by atoms with Crippen molar-refractivity contribution in [3.05, 3.63) is 76.7 Å². The first-order valence-electron chi connectivity index (χ1n) is 13.7. The highest BCUT2D eigenvalue weighted by Gasteiger charge is 2.39. The van der Waals surface area contributed by atoms with Gasteiger partial charge in [0.2, 0.25) is 12.3 Å². The van der Waals surface area contributed by atoms with Gasteiger partial charge in [0.1, 0.15) is 17.6 Å². The molecular weight excluding hydrogens is 529 g/mol. The first kappa shape index (κ1) is 30.6. The fourth-order valence-electron chi connectivity index (χ4n) is 5.90. The minimum absolute atomic E-state index is 0.0305. The number of benzene rings is 2. The number of hydrogen-bond donors (Lipinski definition) is 3. The van der Waals surface area contributed by atoms with Crippen molar-refractivity contribution in [2.45, 2.75) is 83.8 Å². The van der Waals surface area contributed by atoms with E-state index < -0.39 is 23.4 Å². The number of rotatable bonds is 9. The SMILES string of the molecule is C=C1CCC(N(C=O)Cc2c(C)cccc2OC(O)(O)c2cc(CN3CC(C)(C)OC(C)(C)C3)ccc2F)C(=O)N1. The third-order valence-electron chi connectivity index (χ3n) is 7.37. The Morgan fingerprint density at radius 3 is 2.54 bits per heavy atom. The Kier molecular flexibility index (Phi) is 8.61. The van der Waals surface area contributed by atoms with E-state index in [1.807, 2.05) is 27.7 Å². The second-order valence-electron chi connectivity index (χ2n) is 12.3. The summed E-state index contributed by atoms with van der Waals surface area (Å²) in [5.74, 6) is -4.15. The van der Waals surface area contributed by atoms with Crippen LogP contribution in [0.4, 0.5) is 4.39 Å². The molecule has 222 valence electrons. The zero-order chi connectivity index (χ0) is 30.2. The number of carbonyl (C=O) groups is 2. The van der Waals surface area contributed by atoms with Crippen molar-refractivity contribution in [2.75, 3.05) is 13.1 Å². The minimum Gasteiger partial charge on any atom is -0.435 e. The average molecular weight is 570 g/mol. The molecule has 2 aromatic carbocycles. The van der Waals surface area contributed by atoms with Crippen LogP contribution >= 0.6 is 0 Å². The van der Waals surface area contributed by atoms with Gasteiger partial charge in [0.25, 0.3) is 0 Å². The van der Waals surface area contributed by atoms with Crippen LogP contribution in [0, 0.1) is 12.7 Å². The Morgan fingerprint density at radius 2 is 1.90 bits per heavy atom. The van der Waals surface area contributed by atoms with Crippen LogP contribution in [0.25, 0.3) is 0 Å². The molecule has 9 nitrogen and oxygen atoms in total. The third kappa shape index (κ3) is 7.32. The molecule has 41 heavy (non-hydrogen) atoms. The Labute approximate surface area is 240 Å². The number of hydrogen-bond acceptors (Lipinski definition) is 7. The van der Waals surface area contributed by atoms with Crippen LogP contribution < -0.4 is 10.1 Å². The van der Waals surface area contributed by atoms with Crippen molar-refractivity contribution >= 4 is 12.3 Å². The molecule has 2 saturated heterocycles. The van der Waals surface area contributed by atoms with E-state index in [9.17, 15) is 19.8 Å². The summed E-state index contributed by atoms with van der Waals surface area (Å²) in [4.78, 5) is 28.1. The number of nitrogens with one attached hydrogen (secondary N) is 1. The number of allylic oxidation sites excluding steroid dienone is 1. The van der Waals surface area contributed by atoms with Crippen LogP contribution in [0.15, 0.2) is 48.7 Å². The van der Waals surface area contributed by atoms with Crippen LogP contribution in [0.3, 0.4) is 0 Å². The number of morpholine rings is 1. The lowest BCUT2D eigenvalue weighted by Gasteiger charge is -2.47. The smallest absolute Gasteiger partial charge is 0.354 e. The van der Waals surface area contributed by atoms with Gasteiger partial charge in [-0.2, -0.15) is 0 Å². The highest BCUT2D eigenvalue weighted by molar-refractivity contribution is 5.86. The predicted octanol–water partition coefficient (Wildman–Crippen LogP) is 3.45. The van der Waals surface area contributed by atoms with Crippen molar-refractivity contribution < 1.29 is 33.7 Å². The molecule has 0 spiro atoms. The number of piperidine rings is 1. The van der Waals surface area contributed by atoms with Crippen molar-refractivity contribution in [2.24, 2.45) is 0 Å². The monoisotopic (exact) mass is 569 g/mol. The van der Waals surface area contributed by atoms with E-state index in [0.717, 1.165) is 0 Å². The minimum atomic E-state index is -3.02. The van der Waals surface area contributed by atoms with E-state index in [4.69, 9.17) is 9.47 Å². The normalized spacial score (nSPS) is 20.8. The summed E-state index contributed by atoms with van der Waals surface area (Å²) in [5, 5.41) is 24.8. The van der Waals surface area contributed by atoms with E-state index in [1.165, 1.54) is 23.1 Å². The van der Waals surface area contributed by atoms with Crippen molar-refractivity contribution in [1.82, 2.24) is 15.1 Å². The zero-order valence-corrected chi connectivity index (χ0v) is 24.4. The molecule has 3 N–H and O–H groups in total. The number of aliphatic hydroxyl groups is 2. The van der Waals surface area contributed by atoms with Crippen molar-refractivity contribution in [1.29, 1.82) is 0 Å². The number of ether oxygens (including phenoxy) is 2. The summed E-state index contributed by atoms with van der Waals surface area (Å²) in [6.07, 6.45) is 1.52. The molecule has 0 bridgehead atoms. The molecule has 0 radical (unpaired) electrons. The molecule has 10 heteroatoms. The van der Waals surface area contributed by atoms with Crippen LogP contribution in [0.5, 0.6) is 5.75 Å². The number of carbonyl (C=O) groups excluding carboxylic acids is 2. The molecular formula is C31H40FN3O6. The number of amides is 2. The second kappa shape index (κ2) is 11.5. The molecule has 2 aliphatic heterocycles. The lowest BCUT2D eigenvalue weighted by atomic mass is 9.98. The van der Waals surface area contributed by atoms with Crippen LogP contribution in [0.2, 0.25) is 0 Å². The van der Waals surface area contributed by atoms with Gasteiger partial charge in [0.05, 0.1) is 23.3 Å². The van der Waals surface area contributed by atoms with E-state index in [1.54, 1.807) is 25.1 Å². The van der Waals surface area contributed by atoms with Crippen LogP contribution in [0.1, 0.15) is 62.8 Å². The lowest BCUT2D eigenvalue weighted by Crippen LogP contribution is -2.56. The Bertz CT molecular complexity index is 1310. The fraction of sp³-hybridized carbons (Fsp3) is 0.484. The van der Waals surface area contributed by atoms with E-state index in [-0.39, 0.29) is 29.4 Å². The molecule has 2 heterocycles. The number of nitrogens with zero attached hydrogens (tertiary/aromatic N) is 2. The molecule has 2 fully saturated rings. The summed E-state index contributed by atoms with van der Waals surface area (Å²) >= 11 is 0. The van der Waals surface area contributed by atoms with Crippen LogP contribution in [-0.4, -0.2) is 62.7 Å². The van der Waals surface area contributed by atoms with E-state index in [0.29, 0.717) is 61.3 Å². The van der Waals surface area contributed by atoms with Crippen LogP contribution in [-0.2, 0) is 33.4 Å². The largest absolute Gasteiger partial charge is 0.435 e. The summed E-state index contributed by atoms with van der Waals surface area (Å²) in [5.41, 5.74) is 1.21. The number of aryl methyl sites for hydroxylation is 1. The molecule has 1 unspecified atom stereocenters. The van der Waals surface area contributed by atoms with Gasteiger partial charge >= 0.3 is 5.97 Å². The molecule has 2 aromatic rings. The molecule has 0 aromatic heterocycles. The van der Waals surface area contributed by atoms with Gasteiger partial charge in [-0.3, -0.25) is 14.5 Å².